The largest absolute Gasteiger partial charge is 0.393 e. The minimum Gasteiger partial charge on any atom is -0.393 e. The van der Waals surface area contributed by atoms with Crippen molar-refractivity contribution in [1.82, 2.24) is 9.78 Å². The molecule has 1 aliphatic heterocycles. The van der Waals surface area contributed by atoms with Gasteiger partial charge in [0.1, 0.15) is 5.69 Å². The Morgan fingerprint density at radius 3 is 2.62 bits per heavy atom. The highest BCUT2D eigenvalue weighted by Crippen LogP contribution is 2.38. The monoisotopic (exact) mass is 214 g/mol. The third kappa shape index (κ3) is 1.10. The molecule has 0 fully saturated rings. The number of nitrogen functional groups attached to an aromatic ring is 2. The molecule has 1 unspecified atom stereocenters. The van der Waals surface area contributed by atoms with Gasteiger partial charge in [0.05, 0.1) is 0 Å². The van der Waals surface area contributed by atoms with E-state index in [2.05, 4.69) is 15.3 Å². The van der Waals surface area contributed by atoms with Gasteiger partial charge in [-0.15, -0.1) is 10.2 Å². The first-order chi connectivity index (χ1) is 7.77. The molecular formula is C10H10N6. The highest BCUT2D eigenvalue weighted by Gasteiger charge is 2.26. The predicted octanol–water partition coefficient (Wildman–Crippen LogP) is 1.69. The van der Waals surface area contributed by atoms with Gasteiger partial charge in [0, 0.05) is 5.56 Å². The second-order valence-corrected chi connectivity index (χ2v) is 3.57. The number of aromatic nitrogens is 2. The van der Waals surface area contributed by atoms with Crippen LogP contribution in [0.15, 0.2) is 40.6 Å². The van der Waals surface area contributed by atoms with Crippen LogP contribution in [0, 0.1) is 0 Å². The fourth-order valence-electron chi connectivity index (χ4n) is 1.72. The summed E-state index contributed by atoms with van der Waals surface area (Å²) in [4.78, 5) is 0. The Morgan fingerprint density at radius 2 is 1.88 bits per heavy atom. The molecule has 0 bridgehead atoms. The molecular weight excluding hydrogens is 204 g/mol. The van der Waals surface area contributed by atoms with Crippen LogP contribution in [-0.2, 0) is 0 Å². The molecule has 1 aromatic carbocycles. The lowest BCUT2D eigenvalue weighted by molar-refractivity contribution is 0.575. The summed E-state index contributed by atoms with van der Waals surface area (Å²) in [6, 6.07) is 9.76. The summed E-state index contributed by atoms with van der Waals surface area (Å²) in [7, 11) is 0. The molecule has 0 amide bonds. The summed E-state index contributed by atoms with van der Waals surface area (Å²) in [6.45, 7) is 0. The second-order valence-electron chi connectivity index (χ2n) is 3.57. The highest BCUT2D eigenvalue weighted by atomic mass is 15.5. The second kappa shape index (κ2) is 3.06. The zero-order valence-electron chi connectivity index (χ0n) is 8.41. The standard InChI is InChI=1S/C10H10N6/c11-7-8(12)15-16-9(13-14-10(7)16)6-4-2-1-3-5-6/h1-5,9H,11H2,(H2,12,15). The van der Waals surface area contributed by atoms with E-state index in [0.29, 0.717) is 17.3 Å². The van der Waals surface area contributed by atoms with E-state index in [9.17, 15) is 0 Å². The lowest BCUT2D eigenvalue weighted by Crippen LogP contribution is -2.06. The third-order valence-electron chi connectivity index (χ3n) is 2.54. The van der Waals surface area contributed by atoms with Crippen molar-refractivity contribution < 1.29 is 0 Å². The summed E-state index contributed by atoms with van der Waals surface area (Å²) in [6.07, 6.45) is -0.254. The van der Waals surface area contributed by atoms with E-state index in [1.165, 1.54) is 0 Å². The Kier molecular flexibility index (Phi) is 1.70. The lowest BCUT2D eigenvalue weighted by Gasteiger charge is -2.07. The van der Waals surface area contributed by atoms with Gasteiger partial charge in [-0.25, -0.2) is 4.68 Å². The van der Waals surface area contributed by atoms with Crippen molar-refractivity contribution in [3.63, 3.8) is 0 Å². The van der Waals surface area contributed by atoms with E-state index in [4.69, 9.17) is 11.5 Å². The summed E-state index contributed by atoms with van der Waals surface area (Å²) in [5.74, 6) is 0.834. The number of nitrogens with two attached hydrogens (primary N) is 2. The van der Waals surface area contributed by atoms with Crippen molar-refractivity contribution in [3.05, 3.63) is 35.9 Å². The first-order valence-corrected chi connectivity index (χ1v) is 4.86. The molecule has 1 aliphatic rings. The quantitative estimate of drug-likeness (QED) is 0.756. The van der Waals surface area contributed by atoms with Gasteiger partial charge < -0.3 is 11.5 Å². The molecule has 0 spiro atoms. The van der Waals surface area contributed by atoms with Crippen LogP contribution in [-0.4, -0.2) is 9.78 Å². The predicted molar refractivity (Wildman–Crippen MR) is 60.1 cm³/mol. The summed E-state index contributed by atoms with van der Waals surface area (Å²) in [5, 5.41) is 12.3. The van der Waals surface area contributed by atoms with Gasteiger partial charge in [0.2, 0.25) is 5.82 Å². The van der Waals surface area contributed by atoms with Gasteiger partial charge in [-0.3, -0.25) is 0 Å². The Labute approximate surface area is 91.6 Å². The Morgan fingerprint density at radius 1 is 1.12 bits per heavy atom. The Balaban J connectivity index is 2.11. The molecule has 1 aromatic heterocycles. The molecule has 1 atom stereocenters. The van der Waals surface area contributed by atoms with Crippen molar-refractivity contribution in [2.45, 2.75) is 6.17 Å². The number of azo groups is 1. The maximum atomic E-state index is 5.73. The van der Waals surface area contributed by atoms with Crippen LogP contribution in [0.5, 0.6) is 0 Å². The maximum absolute atomic E-state index is 5.73. The minimum atomic E-state index is -0.254. The normalized spacial score (nSPS) is 17.6. The van der Waals surface area contributed by atoms with Crippen molar-refractivity contribution in [3.8, 4) is 0 Å². The molecule has 4 N–H and O–H groups in total. The lowest BCUT2D eigenvalue weighted by atomic mass is 10.2. The van der Waals surface area contributed by atoms with Crippen LogP contribution in [0.1, 0.15) is 11.7 Å². The molecule has 0 saturated carbocycles. The van der Waals surface area contributed by atoms with E-state index < -0.39 is 0 Å². The van der Waals surface area contributed by atoms with Gasteiger partial charge in [-0.1, -0.05) is 30.3 Å². The van der Waals surface area contributed by atoms with E-state index in [1.807, 2.05) is 30.3 Å². The van der Waals surface area contributed by atoms with Crippen molar-refractivity contribution in [2.75, 3.05) is 11.5 Å². The van der Waals surface area contributed by atoms with E-state index >= 15 is 0 Å². The number of anilines is 2. The summed E-state index contributed by atoms with van der Waals surface area (Å²) >= 11 is 0. The van der Waals surface area contributed by atoms with Crippen molar-refractivity contribution in [1.29, 1.82) is 0 Å². The average molecular weight is 214 g/mol. The van der Waals surface area contributed by atoms with Gasteiger partial charge in [0.15, 0.2) is 12.0 Å². The maximum Gasteiger partial charge on any atom is 0.200 e. The highest BCUT2D eigenvalue weighted by molar-refractivity contribution is 5.72. The Bertz CT molecular complexity index is 556. The number of hydrogen-bond acceptors (Lipinski definition) is 5. The molecule has 2 heterocycles. The van der Waals surface area contributed by atoms with Gasteiger partial charge in [-0.05, 0) is 0 Å². The topological polar surface area (TPSA) is 94.6 Å². The van der Waals surface area contributed by atoms with Gasteiger partial charge in [-0.2, -0.15) is 5.11 Å². The summed E-state index contributed by atoms with van der Waals surface area (Å²) < 4.78 is 1.64. The van der Waals surface area contributed by atoms with Crippen LogP contribution in [0.3, 0.4) is 0 Å². The average Bonchev–Trinajstić information content (AvgIpc) is 2.83. The SMILES string of the molecule is Nc1nn2c(c1N)N=NC2c1ccccc1. The van der Waals surface area contributed by atoms with Crippen LogP contribution in [0.25, 0.3) is 0 Å². The first-order valence-electron chi connectivity index (χ1n) is 4.86. The number of rotatable bonds is 1. The van der Waals surface area contributed by atoms with Gasteiger partial charge in [0.25, 0.3) is 0 Å². The summed E-state index contributed by atoms with van der Waals surface area (Å²) in [5.41, 5.74) is 12.8. The van der Waals surface area contributed by atoms with E-state index in [1.54, 1.807) is 4.68 Å². The van der Waals surface area contributed by atoms with E-state index in [0.717, 1.165) is 5.56 Å². The van der Waals surface area contributed by atoms with Gasteiger partial charge >= 0.3 is 0 Å². The molecule has 0 aliphatic carbocycles. The molecule has 0 saturated heterocycles. The first kappa shape index (κ1) is 8.90. The molecule has 16 heavy (non-hydrogen) atoms. The molecule has 0 radical (unpaired) electrons. The van der Waals surface area contributed by atoms with Crippen LogP contribution < -0.4 is 11.5 Å². The van der Waals surface area contributed by atoms with E-state index in [-0.39, 0.29) is 6.17 Å². The van der Waals surface area contributed by atoms with Crippen LogP contribution in [0.2, 0.25) is 0 Å². The molecule has 2 aromatic rings. The van der Waals surface area contributed by atoms with Crippen molar-refractivity contribution >= 4 is 17.3 Å². The molecule has 80 valence electrons. The number of fused-ring (bicyclic) bond motifs is 1. The fraction of sp³-hybridized carbons (Fsp3) is 0.100. The fourth-order valence-corrected chi connectivity index (χ4v) is 1.72. The zero-order chi connectivity index (χ0) is 11.1. The minimum absolute atomic E-state index is 0.254. The zero-order valence-corrected chi connectivity index (χ0v) is 8.41. The van der Waals surface area contributed by atoms with Crippen molar-refractivity contribution in [2.24, 2.45) is 10.2 Å². The number of hydrogen-bond donors (Lipinski definition) is 2. The Hall–Kier alpha value is -2.37. The molecule has 3 rings (SSSR count). The third-order valence-corrected chi connectivity index (χ3v) is 2.54. The smallest absolute Gasteiger partial charge is 0.200 e. The number of nitrogens with zero attached hydrogens (tertiary/aromatic N) is 4. The molecule has 6 heteroatoms. The van der Waals surface area contributed by atoms with Crippen LogP contribution >= 0.6 is 0 Å². The molecule has 6 nitrogen and oxygen atoms in total. The number of benzene rings is 1. The van der Waals surface area contributed by atoms with Crippen LogP contribution in [0.4, 0.5) is 17.3 Å².